The zero-order valence-electron chi connectivity index (χ0n) is 16.3. The molecule has 0 spiro atoms. The lowest BCUT2D eigenvalue weighted by molar-refractivity contribution is 0.255. The highest BCUT2D eigenvalue weighted by Gasteiger charge is 2.13. The van der Waals surface area contributed by atoms with Gasteiger partial charge in [0.1, 0.15) is 0 Å². The molecule has 0 bridgehead atoms. The van der Waals surface area contributed by atoms with Gasteiger partial charge in [0.05, 0.1) is 5.69 Å². The first-order chi connectivity index (χ1) is 14.3. The second kappa shape index (κ2) is 9.55. The van der Waals surface area contributed by atoms with Crippen molar-refractivity contribution in [2.24, 2.45) is 0 Å². The molecule has 146 valence electrons. The summed E-state index contributed by atoms with van der Waals surface area (Å²) >= 11 is 6.35. The average Bonchev–Trinajstić information content (AvgIpc) is 3.22. The maximum Gasteiger partial charge on any atom is 0.152 e. The molecule has 0 radical (unpaired) electrons. The van der Waals surface area contributed by atoms with Crippen LogP contribution in [0.3, 0.4) is 0 Å². The van der Waals surface area contributed by atoms with Crippen LogP contribution < -0.4 is 0 Å². The van der Waals surface area contributed by atoms with Crippen LogP contribution in [0.25, 0.3) is 5.69 Å². The normalized spacial score (nSPS) is 11.1. The molecule has 0 saturated carbocycles. The molecule has 2 aromatic heterocycles. The summed E-state index contributed by atoms with van der Waals surface area (Å²) in [5.74, 6) is 0. The van der Waals surface area contributed by atoms with Crippen LogP contribution >= 0.6 is 11.6 Å². The quantitative estimate of drug-likeness (QED) is 0.349. The van der Waals surface area contributed by atoms with Crippen molar-refractivity contribution < 1.29 is 0 Å². The number of nitrogens with zero attached hydrogens (tertiary/aromatic N) is 3. The molecule has 2 aromatic carbocycles. The Morgan fingerprint density at radius 2 is 1.48 bits per heavy atom. The van der Waals surface area contributed by atoms with E-state index in [9.17, 15) is 0 Å². The van der Waals surface area contributed by atoms with E-state index >= 15 is 0 Å². The Morgan fingerprint density at radius 1 is 0.759 bits per heavy atom. The largest absolute Gasteiger partial charge is 0.317 e. The Bertz CT molecular complexity index is 1030. The topological polar surface area (TPSA) is 21.1 Å². The van der Waals surface area contributed by atoms with E-state index in [1.165, 1.54) is 16.8 Å². The van der Waals surface area contributed by atoms with E-state index in [1.54, 1.807) is 6.20 Å². The molecule has 0 aliphatic heterocycles. The van der Waals surface area contributed by atoms with E-state index in [1.807, 2.05) is 12.1 Å². The van der Waals surface area contributed by atoms with E-state index in [4.69, 9.17) is 11.6 Å². The lowest BCUT2D eigenvalue weighted by Gasteiger charge is -2.24. The number of halogens is 1. The maximum absolute atomic E-state index is 6.35. The van der Waals surface area contributed by atoms with Crippen LogP contribution in [0.1, 0.15) is 16.8 Å². The second-order valence-corrected chi connectivity index (χ2v) is 7.47. The van der Waals surface area contributed by atoms with Gasteiger partial charge in [-0.15, -0.1) is 0 Å². The molecule has 0 atom stereocenters. The van der Waals surface area contributed by atoms with Crippen LogP contribution in [0, 0.1) is 0 Å². The van der Waals surface area contributed by atoms with Crippen molar-refractivity contribution in [2.75, 3.05) is 6.54 Å². The molecule has 0 amide bonds. The smallest absolute Gasteiger partial charge is 0.152 e. The monoisotopic (exact) mass is 401 g/mol. The second-order valence-electron chi connectivity index (χ2n) is 7.11. The molecule has 3 nitrogen and oxygen atoms in total. The maximum atomic E-state index is 6.35. The van der Waals surface area contributed by atoms with Crippen LogP contribution in [-0.2, 0) is 19.5 Å². The summed E-state index contributed by atoms with van der Waals surface area (Å²) < 4.78 is 2.13. The van der Waals surface area contributed by atoms with Gasteiger partial charge in [-0.3, -0.25) is 4.90 Å². The summed E-state index contributed by atoms with van der Waals surface area (Å²) in [7, 11) is 0. The fourth-order valence-corrected chi connectivity index (χ4v) is 3.76. The molecular weight excluding hydrogens is 378 g/mol. The van der Waals surface area contributed by atoms with Crippen LogP contribution in [-0.4, -0.2) is 21.0 Å². The zero-order valence-corrected chi connectivity index (χ0v) is 17.0. The Morgan fingerprint density at radius 3 is 2.21 bits per heavy atom. The van der Waals surface area contributed by atoms with E-state index < -0.39 is 0 Å². The van der Waals surface area contributed by atoms with Gasteiger partial charge < -0.3 is 4.57 Å². The van der Waals surface area contributed by atoms with Gasteiger partial charge in [0.2, 0.25) is 0 Å². The van der Waals surface area contributed by atoms with Gasteiger partial charge in [-0.1, -0.05) is 72.3 Å². The van der Waals surface area contributed by atoms with E-state index in [0.717, 1.165) is 31.7 Å². The number of hydrogen-bond donors (Lipinski definition) is 0. The number of rotatable bonds is 8. The minimum absolute atomic E-state index is 0.517. The van der Waals surface area contributed by atoms with Crippen LogP contribution in [0.15, 0.2) is 97.3 Å². The molecule has 29 heavy (non-hydrogen) atoms. The predicted molar refractivity (Wildman–Crippen MR) is 119 cm³/mol. The number of pyridine rings is 1. The number of benzene rings is 2. The van der Waals surface area contributed by atoms with Gasteiger partial charge >= 0.3 is 0 Å². The number of hydrogen-bond acceptors (Lipinski definition) is 2. The SMILES string of the molecule is Clc1ncccc1-n1cccc1CN(CCc1ccccc1)Cc1ccccc1. The Kier molecular flexibility index (Phi) is 6.40. The summed E-state index contributed by atoms with van der Waals surface area (Å²) in [6.07, 6.45) is 4.79. The van der Waals surface area contributed by atoms with Crippen LogP contribution in [0.2, 0.25) is 5.15 Å². The van der Waals surface area contributed by atoms with E-state index in [2.05, 4.69) is 93.4 Å². The van der Waals surface area contributed by atoms with Gasteiger partial charge in [-0.05, 0) is 41.8 Å². The summed E-state index contributed by atoms with van der Waals surface area (Å²) in [6, 6.07) is 29.4. The minimum Gasteiger partial charge on any atom is -0.317 e. The third kappa shape index (κ3) is 5.14. The highest BCUT2D eigenvalue weighted by molar-refractivity contribution is 6.31. The van der Waals surface area contributed by atoms with Gasteiger partial charge in [-0.2, -0.15) is 0 Å². The summed E-state index contributed by atoms with van der Waals surface area (Å²) in [6.45, 7) is 2.71. The zero-order chi connectivity index (χ0) is 19.9. The third-order valence-electron chi connectivity index (χ3n) is 5.03. The molecule has 0 aliphatic rings. The lowest BCUT2D eigenvalue weighted by Crippen LogP contribution is -2.26. The Labute approximate surface area is 177 Å². The molecule has 0 fully saturated rings. The van der Waals surface area contributed by atoms with E-state index in [-0.39, 0.29) is 0 Å². The summed E-state index contributed by atoms with van der Waals surface area (Å²) in [5, 5.41) is 0.517. The lowest BCUT2D eigenvalue weighted by atomic mass is 10.1. The fraction of sp³-hybridized carbons (Fsp3) is 0.160. The Balaban J connectivity index is 1.55. The molecule has 0 N–H and O–H groups in total. The van der Waals surface area contributed by atoms with Crippen LogP contribution in [0.5, 0.6) is 0 Å². The molecule has 2 heterocycles. The molecule has 4 aromatic rings. The van der Waals surface area contributed by atoms with Gasteiger partial charge in [0.15, 0.2) is 5.15 Å². The van der Waals surface area contributed by atoms with Crippen molar-refractivity contribution in [1.29, 1.82) is 0 Å². The molecule has 0 saturated heterocycles. The van der Waals surface area contributed by atoms with E-state index in [0.29, 0.717) is 5.15 Å². The molecular formula is C25H24ClN3. The fourth-order valence-electron chi connectivity index (χ4n) is 3.55. The average molecular weight is 402 g/mol. The molecule has 4 heteroatoms. The first-order valence-electron chi connectivity index (χ1n) is 9.87. The first kappa shape index (κ1) is 19.4. The summed E-state index contributed by atoms with van der Waals surface area (Å²) in [5.41, 5.74) is 4.79. The van der Waals surface area contributed by atoms with Crippen LogP contribution in [0.4, 0.5) is 0 Å². The minimum atomic E-state index is 0.517. The van der Waals surface area contributed by atoms with Crippen molar-refractivity contribution in [3.63, 3.8) is 0 Å². The predicted octanol–water partition coefficient (Wildman–Crippen LogP) is 5.77. The number of aromatic nitrogens is 2. The Hall–Kier alpha value is -2.88. The van der Waals surface area contributed by atoms with Crippen molar-refractivity contribution in [1.82, 2.24) is 14.5 Å². The van der Waals surface area contributed by atoms with Crippen molar-refractivity contribution >= 4 is 11.6 Å². The highest BCUT2D eigenvalue weighted by Crippen LogP contribution is 2.21. The molecule has 4 rings (SSSR count). The molecule has 0 aliphatic carbocycles. The third-order valence-corrected chi connectivity index (χ3v) is 5.32. The highest BCUT2D eigenvalue weighted by atomic mass is 35.5. The van der Waals surface area contributed by atoms with Crippen molar-refractivity contribution in [3.8, 4) is 5.69 Å². The molecule has 0 unspecified atom stereocenters. The summed E-state index contributed by atoms with van der Waals surface area (Å²) in [4.78, 5) is 6.71. The first-order valence-corrected chi connectivity index (χ1v) is 10.2. The van der Waals surface area contributed by atoms with Crippen molar-refractivity contribution in [2.45, 2.75) is 19.5 Å². The van der Waals surface area contributed by atoms with Gasteiger partial charge in [0.25, 0.3) is 0 Å². The standard InChI is InChI=1S/C25H24ClN3/c26-25-24(14-7-16-27-25)29-17-8-13-23(29)20-28(19-22-11-5-2-6-12-22)18-15-21-9-3-1-4-10-21/h1-14,16-17H,15,18-20H2. The van der Waals surface area contributed by atoms with Gasteiger partial charge in [0, 0.05) is 37.7 Å². The van der Waals surface area contributed by atoms with Gasteiger partial charge in [-0.25, -0.2) is 4.98 Å². The van der Waals surface area contributed by atoms with Crippen molar-refractivity contribution in [3.05, 3.63) is 119 Å².